The summed E-state index contributed by atoms with van der Waals surface area (Å²) in [6.07, 6.45) is 5.90. The molecule has 0 spiro atoms. The SMILES string of the molecule is C#CC(CC(C)(C)OC)NN. The molecule has 0 aromatic carbocycles. The van der Waals surface area contributed by atoms with E-state index in [0.717, 1.165) is 0 Å². The van der Waals surface area contributed by atoms with Crippen LogP contribution in [0.1, 0.15) is 20.3 Å². The smallest absolute Gasteiger partial charge is 0.0842 e. The van der Waals surface area contributed by atoms with Crippen molar-refractivity contribution in [2.45, 2.75) is 31.9 Å². The van der Waals surface area contributed by atoms with Gasteiger partial charge in [-0.25, -0.2) is 5.43 Å². The lowest BCUT2D eigenvalue weighted by Crippen LogP contribution is -2.40. The molecule has 0 amide bonds. The lowest BCUT2D eigenvalue weighted by molar-refractivity contribution is 0.0114. The molecule has 1 atom stereocenters. The van der Waals surface area contributed by atoms with Gasteiger partial charge in [0.15, 0.2) is 0 Å². The summed E-state index contributed by atoms with van der Waals surface area (Å²) in [5.41, 5.74) is 2.31. The predicted molar refractivity (Wildman–Crippen MR) is 45.6 cm³/mol. The Hall–Kier alpha value is -0.560. The van der Waals surface area contributed by atoms with Crippen molar-refractivity contribution >= 4 is 0 Å². The zero-order chi connectivity index (χ0) is 8.91. The van der Waals surface area contributed by atoms with Crippen LogP contribution in [0.2, 0.25) is 0 Å². The third kappa shape index (κ3) is 3.99. The highest BCUT2D eigenvalue weighted by atomic mass is 16.5. The normalized spacial score (nSPS) is 14.1. The van der Waals surface area contributed by atoms with Crippen LogP contribution in [0.3, 0.4) is 0 Å². The standard InChI is InChI=1S/C8H16N2O/c1-5-7(10-9)6-8(2,3)11-4/h1,7,10H,6,9H2,2-4H3. The molecule has 11 heavy (non-hydrogen) atoms. The van der Waals surface area contributed by atoms with Crippen LogP contribution in [0.4, 0.5) is 0 Å². The summed E-state index contributed by atoms with van der Waals surface area (Å²) in [6.45, 7) is 3.93. The number of nitrogens with two attached hydrogens (primary N) is 1. The quantitative estimate of drug-likeness (QED) is 0.349. The van der Waals surface area contributed by atoms with Crippen molar-refractivity contribution in [3.8, 4) is 12.3 Å². The third-order valence-corrected chi connectivity index (χ3v) is 1.65. The Bertz CT molecular complexity index is 149. The number of hydrazine groups is 1. The van der Waals surface area contributed by atoms with Crippen molar-refractivity contribution in [2.24, 2.45) is 5.84 Å². The molecule has 1 unspecified atom stereocenters. The Kier molecular flexibility index (Phi) is 4.12. The molecule has 0 aromatic heterocycles. The Morgan fingerprint density at radius 2 is 2.27 bits per heavy atom. The average Bonchev–Trinajstić information content (AvgIpc) is 2.00. The van der Waals surface area contributed by atoms with E-state index in [1.54, 1.807) is 7.11 Å². The molecule has 0 heterocycles. The van der Waals surface area contributed by atoms with E-state index in [0.29, 0.717) is 6.42 Å². The van der Waals surface area contributed by atoms with Gasteiger partial charge >= 0.3 is 0 Å². The van der Waals surface area contributed by atoms with Gasteiger partial charge in [-0.3, -0.25) is 5.84 Å². The Labute approximate surface area is 68.3 Å². The molecular weight excluding hydrogens is 140 g/mol. The molecule has 3 nitrogen and oxygen atoms in total. The van der Waals surface area contributed by atoms with Gasteiger partial charge in [0.2, 0.25) is 0 Å². The summed E-state index contributed by atoms with van der Waals surface area (Å²) < 4.78 is 5.18. The molecule has 0 bridgehead atoms. The minimum atomic E-state index is -0.219. The minimum Gasteiger partial charge on any atom is -0.379 e. The van der Waals surface area contributed by atoms with Crippen LogP contribution in [0.5, 0.6) is 0 Å². The maximum atomic E-state index is 5.20. The zero-order valence-electron chi connectivity index (χ0n) is 7.35. The second-order valence-corrected chi connectivity index (χ2v) is 3.05. The lowest BCUT2D eigenvalue weighted by atomic mass is 10.00. The van der Waals surface area contributed by atoms with E-state index in [2.05, 4.69) is 11.3 Å². The lowest BCUT2D eigenvalue weighted by Gasteiger charge is -2.25. The monoisotopic (exact) mass is 156 g/mol. The van der Waals surface area contributed by atoms with Gasteiger partial charge in [0.1, 0.15) is 0 Å². The fourth-order valence-electron chi connectivity index (χ4n) is 0.741. The first-order chi connectivity index (χ1) is 5.05. The fraction of sp³-hybridized carbons (Fsp3) is 0.750. The Morgan fingerprint density at radius 1 is 1.73 bits per heavy atom. The molecule has 64 valence electrons. The van der Waals surface area contributed by atoms with Crippen molar-refractivity contribution in [3.05, 3.63) is 0 Å². The number of hydrogen-bond donors (Lipinski definition) is 2. The number of terminal acetylenes is 1. The maximum Gasteiger partial charge on any atom is 0.0842 e. The highest BCUT2D eigenvalue weighted by Crippen LogP contribution is 2.14. The third-order valence-electron chi connectivity index (χ3n) is 1.65. The van der Waals surface area contributed by atoms with Crippen molar-refractivity contribution in [2.75, 3.05) is 7.11 Å². The number of methoxy groups -OCH3 is 1. The Morgan fingerprint density at radius 3 is 2.55 bits per heavy atom. The second kappa shape index (κ2) is 4.35. The summed E-state index contributed by atoms with van der Waals surface area (Å²) in [4.78, 5) is 0. The van der Waals surface area contributed by atoms with Gasteiger partial charge in [-0.15, -0.1) is 6.42 Å². The molecule has 0 aliphatic carbocycles. The average molecular weight is 156 g/mol. The van der Waals surface area contributed by atoms with Gasteiger partial charge in [-0.1, -0.05) is 5.92 Å². The van der Waals surface area contributed by atoms with Gasteiger partial charge in [-0.05, 0) is 13.8 Å². The summed E-state index contributed by atoms with van der Waals surface area (Å²) in [5.74, 6) is 7.72. The number of ether oxygens (including phenoxy) is 1. The summed E-state index contributed by atoms with van der Waals surface area (Å²) in [5, 5.41) is 0. The highest BCUT2D eigenvalue weighted by Gasteiger charge is 2.20. The van der Waals surface area contributed by atoms with Gasteiger partial charge in [0.05, 0.1) is 11.6 Å². The molecule has 0 fully saturated rings. The molecule has 0 aliphatic rings. The van der Waals surface area contributed by atoms with Gasteiger partial charge < -0.3 is 4.74 Å². The van der Waals surface area contributed by atoms with Crippen molar-refractivity contribution in [1.29, 1.82) is 0 Å². The first-order valence-corrected chi connectivity index (χ1v) is 3.53. The Balaban J connectivity index is 3.92. The van der Waals surface area contributed by atoms with Crippen molar-refractivity contribution in [3.63, 3.8) is 0 Å². The molecule has 0 radical (unpaired) electrons. The van der Waals surface area contributed by atoms with Crippen LogP contribution in [-0.4, -0.2) is 18.8 Å². The predicted octanol–water partition coefficient (Wildman–Crippen LogP) is 0.267. The molecule has 0 rings (SSSR count). The van der Waals surface area contributed by atoms with E-state index in [1.165, 1.54) is 0 Å². The number of nitrogens with one attached hydrogen (secondary N) is 1. The number of hydrogen-bond acceptors (Lipinski definition) is 3. The molecule has 0 aromatic rings. The van der Waals surface area contributed by atoms with Crippen LogP contribution in [-0.2, 0) is 4.74 Å². The van der Waals surface area contributed by atoms with Crippen LogP contribution in [0.25, 0.3) is 0 Å². The molecule has 3 N–H and O–H groups in total. The van der Waals surface area contributed by atoms with Gasteiger partial charge in [0, 0.05) is 13.5 Å². The zero-order valence-corrected chi connectivity index (χ0v) is 7.35. The van der Waals surface area contributed by atoms with E-state index in [9.17, 15) is 0 Å². The largest absolute Gasteiger partial charge is 0.379 e. The topological polar surface area (TPSA) is 47.3 Å². The minimum absolute atomic E-state index is 0.120. The van der Waals surface area contributed by atoms with Crippen molar-refractivity contribution in [1.82, 2.24) is 5.43 Å². The van der Waals surface area contributed by atoms with Crippen LogP contribution in [0, 0.1) is 12.3 Å². The number of rotatable bonds is 4. The van der Waals surface area contributed by atoms with Crippen LogP contribution >= 0.6 is 0 Å². The van der Waals surface area contributed by atoms with E-state index >= 15 is 0 Å². The first-order valence-electron chi connectivity index (χ1n) is 3.53. The molecule has 0 aliphatic heterocycles. The van der Waals surface area contributed by atoms with Crippen molar-refractivity contribution < 1.29 is 4.74 Å². The van der Waals surface area contributed by atoms with E-state index in [1.807, 2.05) is 13.8 Å². The summed E-state index contributed by atoms with van der Waals surface area (Å²) >= 11 is 0. The molecular formula is C8H16N2O. The summed E-state index contributed by atoms with van der Waals surface area (Å²) in [7, 11) is 1.66. The second-order valence-electron chi connectivity index (χ2n) is 3.05. The van der Waals surface area contributed by atoms with E-state index in [4.69, 9.17) is 17.0 Å². The molecule has 3 heteroatoms. The van der Waals surface area contributed by atoms with Gasteiger partial charge in [-0.2, -0.15) is 0 Å². The highest BCUT2D eigenvalue weighted by molar-refractivity contribution is 5.00. The first kappa shape index (κ1) is 10.4. The molecule has 0 saturated carbocycles. The fourth-order valence-corrected chi connectivity index (χ4v) is 0.741. The molecule has 0 saturated heterocycles. The van der Waals surface area contributed by atoms with Crippen LogP contribution in [0.15, 0.2) is 0 Å². The van der Waals surface area contributed by atoms with E-state index < -0.39 is 0 Å². The maximum absolute atomic E-state index is 5.20. The van der Waals surface area contributed by atoms with Crippen LogP contribution < -0.4 is 11.3 Å². The summed E-state index contributed by atoms with van der Waals surface area (Å²) in [6, 6.07) is -0.120. The van der Waals surface area contributed by atoms with E-state index in [-0.39, 0.29) is 11.6 Å². The van der Waals surface area contributed by atoms with Gasteiger partial charge in [0.25, 0.3) is 0 Å².